The summed E-state index contributed by atoms with van der Waals surface area (Å²) in [6.07, 6.45) is 0. The molecule has 0 saturated carbocycles. The standard InChI is InChI=1S/C27H19Br/c1-27(2)23-14-21(18-8-7-16-5-3-4-6-17(16)11-18)12-19-9-10-20-13-22(28)15-24(27)26(20)25(19)23/h3-15H,1-2H3. The van der Waals surface area contributed by atoms with Crippen molar-refractivity contribution >= 4 is 48.2 Å². The van der Waals surface area contributed by atoms with Crippen LogP contribution in [-0.2, 0) is 5.41 Å². The van der Waals surface area contributed by atoms with Crippen molar-refractivity contribution in [1.29, 1.82) is 0 Å². The monoisotopic (exact) mass is 422 g/mol. The SMILES string of the molecule is CC1(C)c2cc(Br)cc3ccc4cc(-c5ccc6ccccc6c5)cc1c4c23. The summed E-state index contributed by atoms with van der Waals surface area (Å²) in [6, 6.07) is 29.2. The third-order valence-electron chi connectivity index (χ3n) is 6.42. The summed E-state index contributed by atoms with van der Waals surface area (Å²) >= 11 is 3.71. The first kappa shape index (κ1) is 16.3. The predicted molar refractivity (Wildman–Crippen MR) is 124 cm³/mol. The zero-order valence-electron chi connectivity index (χ0n) is 15.9. The topological polar surface area (TPSA) is 0 Å². The van der Waals surface area contributed by atoms with Crippen LogP contribution in [0.15, 0.2) is 83.3 Å². The maximum Gasteiger partial charge on any atom is 0.0184 e. The van der Waals surface area contributed by atoms with Crippen molar-refractivity contribution in [3.05, 3.63) is 94.5 Å². The lowest BCUT2D eigenvalue weighted by atomic mass is 9.81. The lowest BCUT2D eigenvalue weighted by Gasteiger charge is -2.23. The van der Waals surface area contributed by atoms with Crippen molar-refractivity contribution in [1.82, 2.24) is 0 Å². The lowest BCUT2D eigenvalue weighted by molar-refractivity contribution is 0.662. The van der Waals surface area contributed by atoms with E-state index in [0.29, 0.717) is 0 Å². The minimum absolute atomic E-state index is 0.00315. The van der Waals surface area contributed by atoms with Gasteiger partial charge in [0.15, 0.2) is 0 Å². The smallest absolute Gasteiger partial charge is 0.0184 e. The van der Waals surface area contributed by atoms with Crippen molar-refractivity contribution in [2.24, 2.45) is 0 Å². The molecule has 5 aromatic carbocycles. The second-order valence-corrected chi connectivity index (χ2v) is 9.34. The molecule has 28 heavy (non-hydrogen) atoms. The first-order valence-electron chi connectivity index (χ1n) is 9.72. The van der Waals surface area contributed by atoms with E-state index < -0.39 is 0 Å². The third-order valence-corrected chi connectivity index (χ3v) is 6.88. The van der Waals surface area contributed by atoms with Crippen molar-refractivity contribution < 1.29 is 0 Å². The molecule has 0 spiro atoms. The van der Waals surface area contributed by atoms with Crippen molar-refractivity contribution in [3.63, 3.8) is 0 Å². The molecule has 0 fully saturated rings. The molecule has 0 heterocycles. The zero-order valence-corrected chi connectivity index (χ0v) is 17.5. The molecule has 0 amide bonds. The molecule has 1 aliphatic rings. The average molecular weight is 423 g/mol. The van der Waals surface area contributed by atoms with Crippen LogP contribution >= 0.6 is 15.9 Å². The molecule has 0 saturated heterocycles. The number of rotatable bonds is 1. The van der Waals surface area contributed by atoms with E-state index in [1.807, 2.05) is 0 Å². The predicted octanol–water partition coefficient (Wildman–Crippen LogP) is 8.22. The van der Waals surface area contributed by atoms with E-state index in [1.54, 1.807) is 0 Å². The molecule has 0 nitrogen and oxygen atoms in total. The zero-order chi connectivity index (χ0) is 19.0. The molecule has 5 aromatic rings. The van der Waals surface area contributed by atoms with Crippen LogP contribution in [0.3, 0.4) is 0 Å². The molecule has 0 radical (unpaired) electrons. The fourth-order valence-corrected chi connectivity index (χ4v) is 5.43. The highest BCUT2D eigenvalue weighted by Crippen LogP contribution is 2.50. The Bertz CT molecular complexity index is 1440. The second kappa shape index (κ2) is 5.46. The fraction of sp³-hybridized carbons (Fsp3) is 0.111. The van der Waals surface area contributed by atoms with Crippen LogP contribution in [-0.4, -0.2) is 0 Å². The van der Waals surface area contributed by atoms with E-state index in [1.165, 1.54) is 54.6 Å². The lowest BCUT2D eigenvalue weighted by Crippen LogP contribution is -2.15. The minimum atomic E-state index is -0.00315. The van der Waals surface area contributed by atoms with Gasteiger partial charge in [-0.2, -0.15) is 0 Å². The van der Waals surface area contributed by atoms with E-state index in [-0.39, 0.29) is 5.41 Å². The van der Waals surface area contributed by atoms with Gasteiger partial charge in [0.1, 0.15) is 0 Å². The number of halogens is 1. The Labute approximate surface area is 172 Å². The van der Waals surface area contributed by atoms with Gasteiger partial charge in [-0.05, 0) is 84.9 Å². The highest BCUT2D eigenvalue weighted by Gasteiger charge is 2.34. The summed E-state index contributed by atoms with van der Waals surface area (Å²) in [4.78, 5) is 0. The molecule has 134 valence electrons. The summed E-state index contributed by atoms with van der Waals surface area (Å²) in [5.74, 6) is 0. The minimum Gasteiger partial charge on any atom is -0.0616 e. The summed E-state index contributed by atoms with van der Waals surface area (Å²) in [6.45, 7) is 4.71. The fourth-order valence-electron chi connectivity index (χ4n) is 4.96. The Kier molecular flexibility index (Phi) is 3.18. The summed E-state index contributed by atoms with van der Waals surface area (Å²) < 4.78 is 1.16. The second-order valence-electron chi connectivity index (χ2n) is 8.43. The van der Waals surface area contributed by atoms with Gasteiger partial charge in [-0.3, -0.25) is 0 Å². The molecule has 0 N–H and O–H groups in total. The van der Waals surface area contributed by atoms with Crippen LogP contribution in [0.1, 0.15) is 25.0 Å². The molecular formula is C27H19Br. The average Bonchev–Trinajstić information content (AvgIpc) is 2.93. The number of benzene rings is 5. The van der Waals surface area contributed by atoms with Gasteiger partial charge in [-0.1, -0.05) is 78.3 Å². The maximum atomic E-state index is 3.71. The van der Waals surface area contributed by atoms with E-state index in [4.69, 9.17) is 0 Å². The molecule has 0 aliphatic heterocycles. The Hall–Kier alpha value is -2.64. The highest BCUT2D eigenvalue weighted by atomic mass is 79.9. The Morgan fingerprint density at radius 1 is 0.571 bits per heavy atom. The van der Waals surface area contributed by atoms with Crippen LogP contribution in [0.5, 0.6) is 0 Å². The summed E-state index contributed by atoms with van der Waals surface area (Å²) in [5, 5.41) is 8.08. The molecule has 0 atom stereocenters. The normalized spacial score (nSPS) is 14.5. The number of fused-ring (bicyclic) bond motifs is 1. The quantitative estimate of drug-likeness (QED) is 0.238. The van der Waals surface area contributed by atoms with Gasteiger partial charge in [-0.15, -0.1) is 0 Å². The molecule has 0 aromatic heterocycles. The Morgan fingerprint density at radius 3 is 1.96 bits per heavy atom. The van der Waals surface area contributed by atoms with Crippen LogP contribution in [0.2, 0.25) is 0 Å². The van der Waals surface area contributed by atoms with E-state index in [2.05, 4.69) is 109 Å². The van der Waals surface area contributed by atoms with Gasteiger partial charge >= 0.3 is 0 Å². The first-order valence-corrected chi connectivity index (χ1v) is 10.5. The molecule has 0 bridgehead atoms. The van der Waals surface area contributed by atoms with Gasteiger partial charge in [0.25, 0.3) is 0 Å². The number of hydrogen-bond acceptors (Lipinski definition) is 0. The maximum absolute atomic E-state index is 3.71. The largest absolute Gasteiger partial charge is 0.0616 e. The van der Waals surface area contributed by atoms with Crippen LogP contribution < -0.4 is 0 Å². The number of hydrogen-bond donors (Lipinski definition) is 0. The molecule has 0 unspecified atom stereocenters. The van der Waals surface area contributed by atoms with E-state index in [0.717, 1.165) is 4.47 Å². The van der Waals surface area contributed by atoms with Gasteiger partial charge in [0.05, 0.1) is 0 Å². The first-order chi connectivity index (χ1) is 13.5. The Balaban J connectivity index is 1.68. The summed E-state index contributed by atoms with van der Waals surface area (Å²) in [5.41, 5.74) is 5.44. The van der Waals surface area contributed by atoms with Crippen LogP contribution in [0.4, 0.5) is 0 Å². The molecule has 1 heteroatoms. The van der Waals surface area contributed by atoms with E-state index in [9.17, 15) is 0 Å². The van der Waals surface area contributed by atoms with Gasteiger partial charge < -0.3 is 0 Å². The third kappa shape index (κ3) is 2.11. The Morgan fingerprint density at radius 2 is 1.18 bits per heavy atom. The van der Waals surface area contributed by atoms with Crippen LogP contribution in [0, 0.1) is 0 Å². The van der Waals surface area contributed by atoms with Crippen molar-refractivity contribution in [2.45, 2.75) is 19.3 Å². The van der Waals surface area contributed by atoms with Crippen molar-refractivity contribution in [3.8, 4) is 11.1 Å². The molecular weight excluding hydrogens is 404 g/mol. The van der Waals surface area contributed by atoms with Crippen LogP contribution in [0.25, 0.3) is 43.4 Å². The highest BCUT2D eigenvalue weighted by molar-refractivity contribution is 9.10. The summed E-state index contributed by atoms with van der Waals surface area (Å²) in [7, 11) is 0. The molecule has 1 aliphatic carbocycles. The van der Waals surface area contributed by atoms with Gasteiger partial charge in [0.2, 0.25) is 0 Å². The molecule has 6 rings (SSSR count). The van der Waals surface area contributed by atoms with Crippen molar-refractivity contribution in [2.75, 3.05) is 0 Å². The van der Waals surface area contributed by atoms with E-state index >= 15 is 0 Å². The van der Waals surface area contributed by atoms with Gasteiger partial charge in [-0.25, -0.2) is 0 Å². The van der Waals surface area contributed by atoms with Gasteiger partial charge in [0, 0.05) is 9.89 Å².